The Bertz CT molecular complexity index is 457. The molecule has 1 N–H and O–H groups in total. The maximum absolute atomic E-state index is 12.3. The number of carboxylic acid groups (broad SMARTS) is 1. The van der Waals surface area contributed by atoms with Crippen LogP contribution in [0.25, 0.3) is 0 Å². The highest BCUT2D eigenvalue weighted by molar-refractivity contribution is 7.15. The molecule has 0 bridgehead atoms. The average molecular weight is 269 g/mol. The lowest BCUT2D eigenvalue weighted by Gasteiger charge is -2.23. The fraction of sp³-hybridized carbons (Fsp3) is 0.500. The Morgan fingerprint density at radius 1 is 1.50 bits per heavy atom. The van der Waals surface area contributed by atoms with Crippen molar-refractivity contribution < 1.29 is 19.4 Å². The van der Waals surface area contributed by atoms with Crippen LogP contribution in [0.4, 0.5) is 0 Å². The summed E-state index contributed by atoms with van der Waals surface area (Å²) < 4.78 is 5.10. The largest absolute Gasteiger partial charge is 0.477 e. The van der Waals surface area contributed by atoms with Gasteiger partial charge in [-0.2, -0.15) is 0 Å². The minimum Gasteiger partial charge on any atom is -0.477 e. The Morgan fingerprint density at radius 3 is 2.83 bits per heavy atom. The van der Waals surface area contributed by atoms with Crippen LogP contribution in [-0.2, 0) is 4.74 Å². The van der Waals surface area contributed by atoms with Crippen LogP contribution >= 0.6 is 11.3 Å². The zero-order chi connectivity index (χ0) is 13.1. The summed E-state index contributed by atoms with van der Waals surface area (Å²) in [5.41, 5.74) is 0. The molecule has 1 amide bonds. The summed E-state index contributed by atoms with van der Waals surface area (Å²) in [5.74, 6) is -1.08. The zero-order valence-electron chi connectivity index (χ0n) is 10.1. The number of ether oxygens (including phenoxy) is 1. The van der Waals surface area contributed by atoms with E-state index in [9.17, 15) is 9.59 Å². The number of likely N-dealkylation sites (tertiary alicyclic amines) is 1. The number of nitrogens with zero attached hydrogens (tertiary/aromatic N) is 1. The van der Waals surface area contributed by atoms with E-state index in [1.807, 2.05) is 0 Å². The van der Waals surface area contributed by atoms with Crippen molar-refractivity contribution in [2.24, 2.45) is 0 Å². The van der Waals surface area contributed by atoms with E-state index in [1.54, 1.807) is 18.1 Å². The Hall–Kier alpha value is -1.40. The topological polar surface area (TPSA) is 66.8 Å². The fourth-order valence-electron chi connectivity index (χ4n) is 2.18. The molecule has 1 aliphatic rings. The molecule has 6 heteroatoms. The standard InChI is InChI=1S/C12H15NO4S/c1-17-7-8-3-2-6-13(8)11(14)9-4-5-10(18-9)12(15)16/h4-5,8H,2-3,6-7H2,1H3,(H,15,16)/t8-/m1/s1. The van der Waals surface area contributed by atoms with Crippen molar-refractivity contribution in [3.8, 4) is 0 Å². The van der Waals surface area contributed by atoms with Gasteiger partial charge in [0, 0.05) is 13.7 Å². The van der Waals surface area contributed by atoms with Crippen molar-refractivity contribution in [1.29, 1.82) is 0 Å². The first-order chi connectivity index (χ1) is 8.63. The summed E-state index contributed by atoms with van der Waals surface area (Å²) in [5, 5.41) is 8.85. The Kier molecular flexibility index (Phi) is 3.98. The van der Waals surface area contributed by atoms with E-state index in [-0.39, 0.29) is 16.8 Å². The number of aromatic carboxylic acids is 1. The summed E-state index contributed by atoms with van der Waals surface area (Å²) in [6.07, 6.45) is 1.91. The second-order valence-electron chi connectivity index (χ2n) is 4.22. The second-order valence-corrected chi connectivity index (χ2v) is 5.30. The van der Waals surface area contributed by atoms with Crippen molar-refractivity contribution in [2.75, 3.05) is 20.3 Å². The number of hydrogen-bond donors (Lipinski definition) is 1. The Balaban J connectivity index is 2.12. The molecule has 5 nitrogen and oxygen atoms in total. The van der Waals surface area contributed by atoms with Crippen LogP contribution in [0.15, 0.2) is 12.1 Å². The molecule has 2 rings (SSSR count). The molecule has 18 heavy (non-hydrogen) atoms. The van der Waals surface area contributed by atoms with Crippen LogP contribution in [0, 0.1) is 0 Å². The number of carboxylic acids is 1. The first-order valence-electron chi connectivity index (χ1n) is 5.76. The lowest BCUT2D eigenvalue weighted by Crippen LogP contribution is -2.37. The van der Waals surface area contributed by atoms with E-state index < -0.39 is 5.97 Å². The molecule has 1 aromatic rings. The van der Waals surface area contributed by atoms with Crippen molar-refractivity contribution in [1.82, 2.24) is 4.90 Å². The molecular formula is C12H15NO4S. The normalized spacial score (nSPS) is 19.2. The summed E-state index contributed by atoms with van der Waals surface area (Å²) >= 11 is 1.02. The molecule has 2 heterocycles. The monoisotopic (exact) mass is 269 g/mol. The van der Waals surface area contributed by atoms with Crippen LogP contribution in [0.5, 0.6) is 0 Å². The van der Waals surface area contributed by atoms with Crippen molar-refractivity contribution >= 4 is 23.2 Å². The molecule has 0 spiro atoms. The highest BCUT2D eigenvalue weighted by atomic mass is 32.1. The van der Waals surface area contributed by atoms with Gasteiger partial charge in [-0.25, -0.2) is 4.79 Å². The predicted molar refractivity (Wildman–Crippen MR) is 67.2 cm³/mol. The van der Waals surface area contributed by atoms with Gasteiger partial charge in [0.05, 0.1) is 17.5 Å². The summed E-state index contributed by atoms with van der Waals surface area (Å²) in [4.78, 5) is 25.5. The molecule has 0 unspecified atom stereocenters. The Morgan fingerprint density at radius 2 is 2.22 bits per heavy atom. The molecule has 1 saturated heterocycles. The van der Waals surface area contributed by atoms with E-state index in [0.717, 1.165) is 24.2 Å². The molecule has 0 saturated carbocycles. The molecule has 0 radical (unpaired) electrons. The van der Waals surface area contributed by atoms with Crippen LogP contribution in [0.1, 0.15) is 32.2 Å². The molecule has 0 aliphatic carbocycles. The van der Waals surface area contributed by atoms with E-state index in [0.29, 0.717) is 18.0 Å². The van der Waals surface area contributed by atoms with Crippen molar-refractivity contribution in [2.45, 2.75) is 18.9 Å². The number of amides is 1. The molecule has 1 atom stereocenters. The smallest absolute Gasteiger partial charge is 0.345 e. The molecule has 0 aromatic carbocycles. The first kappa shape index (κ1) is 13.0. The number of thiophene rings is 1. The number of carbonyl (C=O) groups is 2. The van der Waals surface area contributed by atoms with E-state index >= 15 is 0 Å². The zero-order valence-corrected chi connectivity index (χ0v) is 10.9. The maximum Gasteiger partial charge on any atom is 0.345 e. The predicted octanol–water partition coefficient (Wildman–Crippen LogP) is 1.70. The molecule has 1 fully saturated rings. The highest BCUT2D eigenvalue weighted by Gasteiger charge is 2.30. The van der Waals surface area contributed by atoms with Crippen LogP contribution in [0.3, 0.4) is 0 Å². The maximum atomic E-state index is 12.3. The third kappa shape index (κ3) is 2.54. The van der Waals surface area contributed by atoms with E-state index in [2.05, 4.69) is 0 Å². The van der Waals surface area contributed by atoms with Gasteiger partial charge in [-0.3, -0.25) is 4.79 Å². The van der Waals surface area contributed by atoms with Crippen LogP contribution < -0.4 is 0 Å². The minimum absolute atomic E-state index is 0.0907. The lowest BCUT2D eigenvalue weighted by atomic mass is 10.2. The molecule has 98 valence electrons. The van der Waals surface area contributed by atoms with Gasteiger partial charge in [-0.05, 0) is 25.0 Å². The first-order valence-corrected chi connectivity index (χ1v) is 6.58. The average Bonchev–Trinajstić information content (AvgIpc) is 2.97. The Labute approximate surface area is 109 Å². The van der Waals surface area contributed by atoms with Gasteiger partial charge in [-0.15, -0.1) is 11.3 Å². The summed E-state index contributed by atoms with van der Waals surface area (Å²) in [6.45, 7) is 1.25. The van der Waals surface area contributed by atoms with Crippen LogP contribution in [0.2, 0.25) is 0 Å². The molecular weight excluding hydrogens is 254 g/mol. The van der Waals surface area contributed by atoms with Gasteiger partial charge >= 0.3 is 5.97 Å². The third-order valence-electron chi connectivity index (χ3n) is 3.02. The number of methoxy groups -OCH3 is 1. The van der Waals surface area contributed by atoms with Gasteiger partial charge in [0.15, 0.2) is 0 Å². The van der Waals surface area contributed by atoms with Gasteiger partial charge in [0.25, 0.3) is 5.91 Å². The highest BCUT2D eigenvalue weighted by Crippen LogP contribution is 2.24. The van der Waals surface area contributed by atoms with Gasteiger partial charge in [0.1, 0.15) is 4.88 Å². The minimum atomic E-state index is -0.992. The SMILES string of the molecule is COC[C@H]1CCCN1C(=O)c1ccc(C(=O)O)s1. The number of carbonyl (C=O) groups excluding carboxylic acids is 1. The van der Waals surface area contributed by atoms with E-state index in [4.69, 9.17) is 9.84 Å². The number of rotatable bonds is 4. The van der Waals surface area contributed by atoms with E-state index in [1.165, 1.54) is 6.07 Å². The quantitative estimate of drug-likeness (QED) is 0.903. The van der Waals surface area contributed by atoms with Crippen molar-refractivity contribution in [3.63, 3.8) is 0 Å². The van der Waals surface area contributed by atoms with Gasteiger partial charge in [0.2, 0.25) is 0 Å². The molecule has 1 aliphatic heterocycles. The van der Waals surface area contributed by atoms with Gasteiger partial charge < -0.3 is 14.7 Å². The van der Waals surface area contributed by atoms with Crippen LogP contribution in [-0.4, -0.2) is 48.2 Å². The summed E-state index contributed by atoms with van der Waals surface area (Å²) in [7, 11) is 1.62. The fourth-order valence-corrected chi connectivity index (χ4v) is 2.98. The van der Waals surface area contributed by atoms with Crippen molar-refractivity contribution in [3.05, 3.63) is 21.9 Å². The van der Waals surface area contributed by atoms with Gasteiger partial charge in [-0.1, -0.05) is 0 Å². The third-order valence-corrected chi connectivity index (χ3v) is 4.09. The lowest BCUT2D eigenvalue weighted by molar-refractivity contribution is 0.0634. The number of hydrogen-bond acceptors (Lipinski definition) is 4. The summed E-state index contributed by atoms with van der Waals surface area (Å²) in [6, 6.07) is 3.16. The molecule has 1 aromatic heterocycles. The second kappa shape index (κ2) is 5.49.